The fraction of sp³-hybridized carbons (Fsp3) is 0.417. The van der Waals surface area contributed by atoms with Crippen LogP contribution in [0.3, 0.4) is 0 Å². The number of hydrogen-bond donors (Lipinski definition) is 0. The minimum Gasteiger partial charge on any atom is -0.464 e. The number of ether oxygens (including phenoxy) is 1. The van der Waals surface area contributed by atoms with Crippen LogP contribution >= 0.6 is 23.2 Å². The smallest absolute Gasteiger partial charge is 0.329 e. The van der Waals surface area contributed by atoms with E-state index in [2.05, 4.69) is 0 Å². The van der Waals surface area contributed by atoms with E-state index >= 15 is 0 Å². The van der Waals surface area contributed by atoms with Gasteiger partial charge in [-0.2, -0.15) is 0 Å². The molecule has 3 atom stereocenters. The summed E-state index contributed by atoms with van der Waals surface area (Å²) in [5, 5.41) is 1.30. The molecular formula is C24H25Cl2NO3. The maximum atomic E-state index is 13.2. The van der Waals surface area contributed by atoms with E-state index in [9.17, 15) is 9.59 Å². The zero-order chi connectivity index (χ0) is 21.3. The van der Waals surface area contributed by atoms with Gasteiger partial charge in [0.1, 0.15) is 6.04 Å². The molecule has 0 spiro atoms. The molecule has 0 bridgehead atoms. The van der Waals surface area contributed by atoms with Gasteiger partial charge in [0.05, 0.1) is 12.6 Å². The van der Waals surface area contributed by atoms with E-state index < -0.39 is 6.04 Å². The number of esters is 1. The van der Waals surface area contributed by atoms with Crippen LogP contribution in [0.1, 0.15) is 55.7 Å². The average Bonchev–Trinajstić information content (AvgIpc) is 3.55. The van der Waals surface area contributed by atoms with E-state index in [0.29, 0.717) is 29.5 Å². The molecule has 1 aliphatic carbocycles. The fourth-order valence-electron chi connectivity index (χ4n) is 4.55. The minimum absolute atomic E-state index is 0.00168. The Kier molecular flexibility index (Phi) is 6.35. The van der Waals surface area contributed by atoms with Crippen LogP contribution in [0.5, 0.6) is 0 Å². The van der Waals surface area contributed by atoms with E-state index in [-0.39, 0.29) is 29.8 Å². The zero-order valence-electron chi connectivity index (χ0n) is 16.9. The van der Waals surface area contributed by atoms with Crippen molar-refractivity contribution in [2.24, 2.45) is 5.92 Å². The highest BCUT2D eigenvalue weighted by molar-refractivity contribution is 6.30. The summed E-state index contributed by atoms with van der Waals surface area (Å²) in [6.45, 7) is 2.10. The number of amides is 1. The molecule has 2 fully saturated rings. The molecule has 1 saturated heterocycles. The van der Waals surface area contributed by atoms with Crippen LogP contribution in [-0.4, -0.2) is 29.4 Å². The molecular weight excluding hydrogens is 421 g/mol. The summed E-state index contributed by atoms with van der Waals surface area (Å²) in [6, 6.07) is 14.5. The van der Waals surface area contributed by atoms with Gasteiger partial charge in [-0.3, -0.25) is 4.79 Å². The summed E-state index contributed by atoms with van der Waals surface area (Å²) < 4.78 is 5.40. The summed E-state index contributed by atoms with van der Waals surface area (Å²) in [4.78, 5) is 28.0. The third kappa shape index (κ3) is 4.35. The third-order valence-electron chi connectivity index (χ3n) is 6.02. The van der Waals surface area contributed by atoms with Crippen LogP contribution in [-0.2, 0) is 14.3 Å². The van der Waals surface area contributed by atoms with Crippen LogP contribution in [0, 0.1) is 5.92 Å². The molecule has 2 aromatic rings. The number of carbonyl (C=O) groups is 2. The first-order valence-corrected chi connectivity index (χ1v) is 11.2. The highest BCUT2D eigenvalue weighted by Gasteiger charge is 2.49. The maximum absolute atomic E-state index is 13.2. The predicted molar refractivity (Wildman–Crippen MR) is 118 cm³/mol. The van der Waals surface area contributed by atoms with Crippen molar-refractivity contribution in [3.63, 3.8) is 0 Å². The predicted octanol–water partition coefficient (Wildman–Crippen LogP) is 5.78. The van der Waals surface area contributed by atoms with Crippen molar-refractivity contribution in [3.05, 3.63) is 69.7 Å². The lowest BCUT2D eigenvalue weighted by molar-refractivity contribution is -0.160. The molecule has 30 heavy (non-hydrogen) atoms. The van der Waals surface area contributed by atoms with Crippen LogP contribution in [0.4, 0.5) is 0 Å². The van der Waals surface area contributed by atoms with Crippen LogP contribution < -0.4 is 0 Å². The molecule has 1 saturated carbocycles. The van der Waals surface area contributed by atoms with Crippen molar-refractivity contribution in [2.75, 3.05) is 6.61 Å². The Morgan fingerprint density at radius 2 is 1.80 bits per heavy atom. The summed E-state index contributed by atoms with van der Waals surface area (Å²) in [5.74, 6) is -0.128. The molecule has 158 valence electrons. The fourth-order valence-corrected chi connectivity index (χ4v) is 4.88. The van der Waals surface area contributed by atoms with Crippen molar-refractivity contribution in [3.8, 4) is 0 Å². The zero-order valence-corrected chi connectivity index (χ0v) is 18.4. The third-order valence-corrected chi connectivity index (χ3v) is 6.51. The first-order valence-electron chi connectivity index (χ1n) is 10.5. The number of carbonyl (C=O) groups excluding carboxylic acids is 2. The molecule has 2 aliphatic rings. The molecule has 3 unspecified atom stereocenters. The van der Waals surface area contributed by atoms with Gasteiger partial charge in [-0.15, -0.1) is 0 Å². The molecule has 4 nitrogen and oxygen atoms in total. The number of rotatable bonds is 6. The molecule has 6 heteroatoms. The molecule has 1 amide bonds. The van der Waals surface area contributed by atoms with E-state index in [1.54, 1.807) is 11.8 Å². The Hall–Kier alpha value is -2.04. The van der Waals surface area contributed by atoms with Gasteiger partial charge in [-0.1, -0.05) is 47.5 Å². The van der Waals surface area contributed by atoms with Crippen LogP contribution in [0.2, 0.25) is 10.0 Å². The van der Waals surface area contributed by atoms with E-state index in [0.717, 1.165) is 24.0 Å². The van der Waals surface area contributed by atoms with Gasteiger partial charge >= 0.3 is 5.97 Å². The van der Waals surface area contributed by atoms with Gasteiger partial charge in [-0.25, -0.2) is 4.79 Å². The van der Waals surface area contributed by atoms with E-state index in [4.69, 9.17) is 27.9 Å². The molecule has 0 radical (unpaired) electrons. The Labute approximate surface area is 187 Å². The van der Waals surface area contributed by atoms with Gasteiger partial charge in [0, 0.05) is 22.4 Å². The van der Waals surface area contributed by atoms with Crippen molar-refractivity contribution >= 4 is 35.1 Å². The van der Waals surface area contributed by atoms with Gasteiger partial charge in [0.2, 0.25) is 5.91 Å². The standard InChI is InChI=1S/C24H25Cl2NO3/c1-2-30-24(29)23(16-6-7-16)27-21(28)13-12-20(17-4-3-5-19(26)14-17)22(27)15-8-10-18(25)11-9-15/h3-5,8-11,14,16,20,22-23H,2,6-7,12-13H2,1H3. The monoisotopic (exact) mass is 445 g/mol. The molecule has 0 aromatic heterocycles. The Morgan fingerprint density at radius 1 is 1.07 bits per heavy atom. The minimum atomic E-state index is -0.555. The molecule has 4 rings (SSSR count). The molecule has 1 aliphatic heterocycles. The number of likely N-dealkylation sites (tertiary alicyclic amines) is 1. The number of benzene rings is 2. The second-order valence-corrected chi connectivity index (χ2v) is 8.90. The molecule has 2 aromatic carbocycles. The van der Waals surface area contributed by atoms with Gasteiger partial charge < -0.3 is 9.64 Å². The number of nitrogens with zero attached hydrogens (tertiary/aromatic N) is 1. The summed E-state index contributed by atoms with van der Waals surface area (Å²) in [6.07, 6.45) is 2.96. The molecule has 1 heterocycles. The lowest BCUT2D eigenvalue weighted by Gasteiger charge is -2.45. The summed E-state index contributed by atoms with van der Waals surface area (Å²) >= 11 is 12.4. The van der Waals surface area contributed by atoms with Gasteiger partial charge in [-0.05, 0) is 67.5 Å². The summed E-state index contributed by atoms with van der Waals surface area (Å²) in [7, 11) is 0. The van der Waals surface area contributed by atoms with Crippen LogP contribution in [0.15, 0.2) is 48.5 Å². The van der Waals surface area contributed by atoms with Crippen molar-refractivity contribution in [1.82, 2.24) is 4.90 Å². The van der Waals surface area contributed by atoms with E-state index in [1.165, 1.54) is 0 Å². The highest BCUT2D eigenvalue weighted by Crippen LogP contribution is 2.48. The second-order valence-electron chi connectivity index (χ2n) is 8.03. The largest absolute Gasteiger partial charge is 0.464 e. The SMILES string of the molecule is CCOC(=O)C(C1CC1)N1C(=O)CCC(c2cccc(Cl)c2)C1c1ccc(Cl)cc1. The van der Waals surface area contributed by atoms with Gasteiger partial charge in [0.15, 0.2) is 0 Å². The second kappa shape index (κ2) is 8.99. The number of hydrogen-bond acceptors (Lipinski definition) is 3. The average molecular weight is 446 g/mol. The van der Waals surface area contributed by atoms with Crippen LogP contribution in [0.25, 0.3) is 0 Å². The first-order chi connectivity index (χ1) is 14.5. The first kappa shape index (κ1) is 21.2. The number of piperidine rings is 1. The highest BCUT2D eigenvalue weighted by atomic mass is 35.5. The van der Waals surface area contributed by atoms with Crippen molar-refractivity contribution in [1.29, 1.82) is 0 Å². The Morgan fingerprint density at radius 3 is 2.43 bits per heavy atom. The molecule has 0 N–H and O–H groups in total. The lowest BCUT2D eigenvalue weighted by Crippen LogP contribution is -2.52. The quantitative estimate of drug-likeness (QED) is 0.529. The maximum Gasteiger partial charge on any atom is 0.329 e. The summed E-state index contributed by atoms with van der Waals surface area (Å²) in [5.41, 5.74) is 2.03. The Bertz CT molecular complexity index is 926. The number of halogens is 2. The van der Waals surface area contributed by atoms with Crippen molar-refractivity contribution in [2.45, 2.75) is 50.6 Å². The van der Waals surface area contributed by atoms with Crippen molar-refractivity contribution < 1.29 is 14.3 Å². The normalized spacial score (nSPS) is 22.6. The van der Waals surface area contributed by atoms with E-state index in [1.807, 2.05) is 48.5 Å². The lowest BCUT2D eigenvalue weighted by atomic mass is 9.78. The topological polar surface area (TPSA) is 46.6 Å². The Balaban J connectivity index is 1.81. The van der Waals surface area contributed by atoms with Gasteiger partial charge in [0.25, 0.3) is 0 Å².